The quantitative estimate of drug-likeness (QED) is 0.682. The molecule has 3 aromatic rings. The Balaban J connectivity index is 1.33. The van der Waals surface area contributed by atoms with Gasteiger partial charge >= 0.3 is 0 Å². The van der Waals surface area contributed by atoms with Crippen LogP contribution in [0, 0.1) is 6.92 Å². The first kappa shape index (κ1) is 17.7. The Hall–Kier alpha value is -2.67. The van der Waals surface area contributed by atoms with Gasteiger partial charge in [-0.2, -0.15) is 0 Å². The molecule has 1 aliphatic heterocycles. The lowest BCUT2D eigenvalue weighted by atomic mass is 10.2. The van der Waals surface area contributed by atoms with Crippen LogP contribution < -0.4 is 4.90 Å². The lowest BCUT2D eigenvalue weighted by molar-refractivity contribution is -0.131. The molecule has 0 saturated carbocycles. The highest BCUT2D eigenvalue weighted by atomic mass is 32.1. The molecule has 4 rings (SSSR count). The van der Waals surface area contributed by atoms with Crippen LogP contribution in [0.4, 0.5) is 5.82 Å². The Kier molecular flexibility index (Phi) is 5.20. The molecule has 0 spiro atoms. The van der Waals surface area contributed by atoms with Crippen LogP contribution >= 0.6 is 11.3 Å². The van der Waals surface area contributed by atoms with E-state index in [1.807, 2.05) is 40.1 Å². The lowest BCUT2D eigenvalue weighted by Crippen LogP contribution is -2.49. The van der Waals surface area contributed by atoms with Crippen LogP contribution in [-0.4, -0.2) is 51.5 Å². The molecule has 3 aromatic heterocycles. The van der Waals surface area contributed by atoms with Crippen LogP contribution in [0.15, 0.2) is 48.4 Å². The second-order valence-electron chi connectivity index (χ2n) is 6.72. The first-order valence-electron chi connectivity index (χ1n) is 9.22. The van der Waals surface area contributed by atoms with Crippen molar-refractivity contribution in [1.29, 1.82) is 0 Å². The van der Waals surface area contributed by atoms with E-state index in [1.165, 1.54) is 10.4 Å². The molecule has 0 aromatic carbocycles. The van der Waals surface area contributed by atoms with Gasteiger partial charge in [0.05, 0.1) is 0 Å². The van der Waals surface area contributed by atoms with Crippen molar-refractivity contribution in [2.24, 2.45) is 0 Å². The normalized spacial score (nSPS) is 14.6. The summed E-state index contributed by atoms with van der Waals surface area (Å²) in [7, 11) is 0. The van der Waals surface area contributed by atoms with E-state index in [4.69, 9.17) is 0 Å². The first-order valence-corrected chi connectivity index (χ1v) is 10.1. The monoisotopic (exact) mass is 381 g/mol. The maximum atomic E-state index is 12.5. The van der Waals surface area contributed by atoms with Gasteiger partial charge in [-0.05, 0) is 42.5 Å². The van der Waals surface area contributed by atoms with Crippen molar-refractivity contribution in [1.82, 2.24) is 19.4 Å². The summed E-state index contributed by atoms with van der Waals surface area (Å²) in [6.45, 7) is 5.19. The second-order valence-corrected chi connectivity index (χ2v) is 7.72. The molecule has 0 N–H and O–H groups in total. The predicted octanol–water partition coefficient (Wildman–Crippen LogP) is 2.92. The summed E-state index contributed by atoms with van der Waals surface area (Å²) in [5, 5.41) is 2.09. The topological polar surface area (TPSA) is 54.3 Å². The minimum Gasteiger partial charge on any atom is -0.353 e. The zero-order chi connectivity index (χ0) is 18.6. The van der Waals surface area contributed by atoms with Crippen LogP contribution in [0.2, 0.25) is 0 Å². The van der Waals surface area contributed by atoms with Crippen LogP contribution in [0.1, 0.15) is 16.9 Å². The summed E-state index contributed by atoms with van der Waals surface area (Å²) in [5.41, 5.74) is 1.29. The number of carbonyl (C=O) groups excluding carboxylic acids is 1. The number of nitrogens with zero attached hydrogens (tertiary/aromatic N) is 5. The molecule has 4 heterocycles. The highest BCUT2D eigenvalue weighted by Crippen LogP contribution is 2.19. The molecular formula is C20H23N5OS. The lowest BCUT2D eigenvalue weighted by Gasteiger charge is -2.35. The number of aromatic nitrogens is 3. The number of aryl methyl sites for hydroxylation is 2. The Morgan fingerprint density at radius 3 is 2.56 bits per heavy atom. The molecule has 1 amide bonds. The summed E-state index contributed by atoms with van der Waals surface area (Å²) >= 11 is 1.74. The minimum atomic E-state index is 0.248. The maximum Gasteiger partial charge on any atom is 0.223 e. The van der Waals surface area contributed by atoms with Gasteiger partial charge in [0, 0.05) is 55.9 Å². The molecule has 0 aliphatic carbocycles. The standard InChI is InChI=1S/C20H23N5OS/c1-16-6-13-27-17(16)4-5-20(26)25-11-9-24(10-12-25)19-14-18(21-15-22-19)23-7-2-3-8-23/h2-3,6-8,13-15H,4-5,9-12H2,1H3. The molecule has 27 heavy (non-hydrogen) atoms. The number of piperazine rings is 1. The molecule has 1 aliphatic rings. The van der Waals surface area contributed by atoms with E-state index in [-0.39, 0.29) is 5.91 Å². The molecule has 6 nitrogen and oxygen atoms in total. The van der Waals surface area contributed by atoms with Gasteiger partial charge < -0.3 is 14.4 Å². The summed E-state index contributed by atoms with van der Waals surface area (Å²) in [5.74, 6) is 2.02. The fourth-order valence-corrected chi connectivity index (χ4v) is 4.27. The van der Waals surface area contributed by atoms with Crippen LogP contribution in [0.5, 0.6) is 0 Å². The van der Waals surface area contributed by atoms with E-state index in [2.05, 4.69) is 33.2 Å². The molecule has 7 heteroatoms. The van der Waals surface area contributed by atoms with E-state index in [0.717, 1.165) is 44.2 Å². The van der Waals surface area contributed by atoms with Crippen molar-refractivity contribution in [3.05, 3.63) is 58.8 Å². The van der Waals surface area contributed by atoms with Crippen molar-refractivity contribution in [2.45, 2.75) is 19.8 Å². The SMILES string of the molecule is Cc1ccsc1CCC(=O)N1CCN(c2cc(-n3cccc3)ncn2)CC1. The predicted molar refractivity (Wildman–Crippen MR) is 108 cm³/mol. The highest BCUT2D eigenvalue weighted by Gasteiger charge is 2.22. The molecule has 0 atom stereocenters. The summed E-state index contributed by atoms with van der Waals surface area (Å²) in [6, 6.07) is 8.07. The molecule has 0 unspecified atom stereocenters. The molecule has 140 valence electrons. The van der Waals surface area contributed by atoms with Gasteiger partial charge in [0.25, 0.3) is 0 Å². The Bertz CT molecular complexity index is 897. The number of anilines is 1. The van der Waals surface area contributed by atoms with Gasteiger partial charge in [-0.1, -0.05) is 0 Å². The summed E-state index contributed by atoms with van der Waals surface area (Å²) < 4.78 is 1.97. The van der Waals surface area contributed by atoms with Gasteiger partial charge in [-0.3, -0.25) is 4.79 Å². The molecule has 1 saturated heterocycles. The number of rotatable bonds is 5. The van der Waals surface area contributed by atoms with E-state index in [9.17, 15) is 4.79 Å². The minimum absolute atomic E-state index is 0.248. The second kappa shape index (κ2) is 7.92. The number of thiophene rings is 1. The van der Waals surface area contributed by atoms with Gasteiger partial charge in [0.2, 0.25) is 5.91 Å². The number of hydrogen-bond acceptors (Lipinski definition) is 5. The highest BCUT2D eigenvalue weighted by molar-refractivity contribution is 7.10. The molecule has 0 radical (unpaired) electrons. The van der Waals surface area contributed by atoms with Crippen molar-refractivity contribution < 1.29 is 4.79 Å². The Morgan fingerprint density at radius 2 is 1.85 bits per heavy atom. The van der Waals surface area contributed by atoms with E-state index in [0.29, 0.717) is 6.42 Å². The van der Waals surface area contributed by atoms with E-state index in [1.54, 1.807) is 17.7 Å². The number of carbonyl (C=O) groups is 1. The zero-order valence-electron chi connectivity index (χ0n) is 15.4. The third kappa shape index (κ3) is 4.03. The molecule has 1 fully saturated rings. The maximum absolute atomic E-state index is 12.5. The fourth-order valence-electron chi connectivity index (χ4n) is 3.36. The Morgan fingerprint density at radius 1 is 1.11 bits per heavy atom. The molecule has 0 bridgehead atoms. The van der Waals surface area contributed by atoms with Crippen molar-refractivity contribution in [3.8, 4) is 5.82 Å². The fraction of sp³-hybridized carbons (Fsp3) is 0.350. The average Bonchev–Trinajstić information content (AvgIpc) is 3.38. The third-order valence-electron chi connectivity index (χ3n) is 5.00. The van der Waals surface area contributed by atoms with Crippen molar-refractivity contribution in [3.63, 3.8) is 0 Å². The van der Waals surface area contributed by atoms with Crippen LogP contribution in [0.3, 0.4) is 0 Å². The smallest absolute Gasteiger partial charge is 0.223 e. The third-order valence-corrected chi connectivity index (χ3v) is 6.08. The van der Waals surface area contributed by atoms with Gasteiger partial charge in [-0.25, -0.2) is 9.97 Å². The van der Waals surface area contributed by atoms with Gasteiger partial charge in [-0.15, -0.1) is 11.3 Å². The van der Waals surface area contributed by atoms with E-state index < -0.39 is 0 Å². The molecular weight excluding hydrogens is 358 g/mol. The van der Waals surface area contributed by atoms with Crippen LogP contribution in [-0.2, 0) is 11.2 Å². The summed E-state index contributed by atoms with van der Waals surface area (Å²) in [4.78, 5) is 26.8. The van der Waals surface area contributed by atoms with Gasteiger partial charge in [0.15, 0.2) is 0 Å². The Labute approximate surface area is 163 Å². The number of amides is 1. The largest absolute Gasteiger partial charge is 0.353 e. The zero-order valence-corrected chi connectivity index (χ0v) is 16.2. The number of hydrogen-bond donors (Lipinski definition) is 0. The van der Waals surface area contributed by atoms with Crippen molar-refractivity contribution >= 4 is 23.1 Å². The van der Waals surface area contributed by atoms with Crippen molar-refractivity contribution in [2.75, 3.05) is 31.1 Å². The van der Waals surface area contributed by atoms with Gasteiger partial charge in [0.1, 0.15) is 18.0 Å². The van der Waals surface area contributed by atoms with E-state index >= 15 is 0 Å². The van der Waals surface area contributed by atoms with Crippen LogP contribution in [0.25, 0.3) is 5.82 Å². The summed E-state index contributed by atoms with van der Waals surface area (Å²) in [6.07, 6.45) is 6.98. The first-order chi connectivity index (χ1) is 13.2. The average molecular weight is 382 g/mol.